The average Bonchev–Trinajstić information content (AvgIpc) is 3.17. The van der Waals surface area contributed by atoms with Crippen LogP contribution in [-0.2, 0) is 9.59 Å². The average molecular weight is 437 g/mol. The number of aliphatic carboxylic acids is 1. The van der Waals surface area contributed by atoms with Crippen LogP contribution in [0.1, 0.15) is 50.4 Å². The highest BCUT2D eigenvalue weighted by atomic mass is 28.4. The summed E-state index contributed by atoms with van der Waals surface area (Å²) in [6.45, 7) is 5.77. The fourth-order valence-corrected chi connectivity index (χ4v) is 6.49. The van der Waals surface area contributed by atoms with Gasteiger partial charge in [0.2, 0.25) is 5.91 Å². The Morgan fingerprint density at radius 3 is 2.37 bits per heavy atom. The minimum atomic E-state index is -4.04. The Balaban J connectivity index is 2.12. The highest BCUT2D eigenvalue weighted by Gasteiger charge is 2.45. The predicted octanol–water partition coefficient (Wildman–Crippen LogP) is 1.51. The highest BCUT2D eigenvalue weighted by molar-refractivity contribution is 6.67. The molecule has 9 heteroatoms. The van der Waals surface area contributed by atoms with Crippen molar-refractivity contribution >= 4 is 26.3 Å². The maximum Gasteiger partial charge on any atom is 0.356 e. The smallest absolute Gasteiger partial charge is 0.356 e. The molecule has 0 saturated carbocycles. The Labute approximate surface area is 178 Å². The Kier molecular flexibility index (Phi) is 8.16. The van der Waals surface area contributed by atoms with Gasteiger partial charge in [0, 0.05) is 24.1 Å². The van der Waals surface area contributed by atoms with Crippen LogP contribution >= 0.6 is 0 Å². The molecule has 0 radical (unpaired) electrons. The van der Waals surface area contributed by atoms with E-state index < -0.39 is 44.0 Å². The van der Waals surface area contributed by atoms with Crippen LogP contribution in [0.5, 0.6) is 0 Å². The molecule has 3 atom stereocenters. The summed E-state index contributed by atoms with van der Waals surface area (Å²) in [6, 6.07) is 7.49. The summed E-state index contributed by atoms with van der Waals surface area (Å²) in [7, 11) is -4.04. The second kappa shape index (κ2) is 10.2. The zero-order chi connectivity index (χ0) is 22.5. The number of carbonyl (C=O) groups excluding carboxylic acids is 2. The van der Waals surface area contributed by atoms with Crippen molar-refractivity contribution in [1.82, 2.24) is 10.2 Å². The van der Waals surface area contributed by atoms with Crippen LogP contribution in [0.2, 0.25) is 6.04 Å². The van der Waals surface area contributed by atoms with E-state index in [2.05, 4.69) is 5.32 Å². The molecule has 166 valence electrons. The Morgan fingerprint density at radius 2 is 1.80 bits per heavy atom. The molecule has 4 N–H and O–H groups in total. The van der Waals surface area contributed by atoms with Gasteiger partial charge in [-0.05, 0) is 37.3 Å². The Bertz CT molecular complexity index is 755. The number of carbonyl (C=O) groups is 3. The summed E-state index contributed by atoms with van der Waals surface area (Å²) in [5, 5.41) is 12.1. The van der Waals surface area contributed by atoms with Gasteiger partial charge >= 0.3 is 14.5 Å². The number of benzene rings is 1. The van der Waals surface area contributed by atoms with Gasteiger partial charge in [0.15, 0.2) is 0 Å². The number of amides is 2. The molecule has 0 spiro atoms. The normalized spacial score (nSPS) is 18.9. The van der Waals surface area contributed by atoms with E-state index >= 15 is 0 Å². The molecule has 1 aliphatic rings. The molecule has 2 rings (SSSR count). The van der Waals surface area contributed by atoms with Crippen molar-refractivity contribution in [2.24, 2.45) is 11.8 Å². The first-order valence-corrected chi connectivity index (χ1v) is 12.5. The maximum atomic E-state index is 12.8. The van der Waals surface area contributed by atoms with Crippen LogP contribution < -0.4 is 5.32 Å². The summed E-state index contributed by atoms with van der Waals surface area (Å²) >= 11 is 0. The number of rotatable bonds is 9. The number of hydrogen-bond donors (Lipinski definition) is 4. The van der Waals surface area contributed by atoms with E-state index in [0.29, 0.717) is 31.4 Å². The molecule has 1 aromatic rings. The van der Waals surface area contributed by atoms with Gasteiger partial charge in [-0.3, -0.25) is 9.59 Å². The van der Waals surface area contributed by atoms with Gasteiger partial charge in [-0.1, -0.05) is 39.0 Å². The molecular weight excluding hydrogens is 404 g/mol. The van der Waals surface area contributed by atoms with Crippen molar-refractivity contribution in [3.05, 3.63) is 35.9 Å². The van der Waals surface area contributed by atoms with Crippen molar-refractivity contribution in [1.29, 1.82) is 0 Å². The second-order valence-electron chi connectivity index (χ2n) is 8.53. The molecule has 1 fully saturated rings. The number of hydrogen-bond acceptors (Lipinski definition) is 5. The Hall–Kier alpha value is -2.23. The molecule has 8 nitrogen and oxygen atoms in total. The van der Waals surface area contributed by atoms with Crippen molar-refractivity contribution in [2.75, 3.05) is 6.54 Å². The Morgan fingerprint density at radius 1 is 1.17 bits per heavy atom. The minimum Gasteiger partial charge on any atom is -0.480 e. The van der Waals surface area contributed by atoms with E-state index in [0.717, 1.165) is 0 Å². The number of carboxylic acids is 1. The quantitative estimate of drug-likeness (QED) is 0.435. The molecule has 0 bridgehead atoms. The van der Waals surface area contributed by atoms with Crippen LogP contribution in [-0.4, -0.2) is 64.2 Å². The summed E-state index contributed by atoms with van der Waals surface area (Å²) in [5.41, 5.74) is -0.434. The molecule has 1 aliphatic heterocycles. The lowest BCUT2D eigenvalue weighted by Gasteiger charge is -2.33. The van der Waals surface area contributed by atoms with Gasteiger partial charge in [0.1, 0.15) is 6.04 Å². The lowest BCUT2D eigenvalue weighted by molar-refractivity contribution is -0.149. The first-order chi connectivity index (χ1) is 14.0. The van der Waals surface area contributed by atoms with Crippen LogP contribution in [0, 0.1) is 11.8 Å². The summed E-state index contributed by atoms with van der Waals surface area (Å²) < 4.78 is 0. The summed E-state index contributed by atoms with van der Waals surface area (Å²) in [4.78, 5) is 60.0. The fraction of sp³-hybridized carbons (Fsp3) is 0.571. The van der Waals surface area contributed by atoms with E-state index in [4.69, 9.17) is 0 Å². The molecule has 1 saturated heterocycles. The summed E-state index contributed by atoms with van der Waals surface area (Å²) in [6.07, 6.45) is 1.37. The zero-order valence-electron chi connectivity index (χ0n) is 17.7. The third-order valence-electron chi connectivity index (χ3n) is 5.46. The first kappa shape index (κ1) is 24.0. The van der Waals surface area contributed by atoms with E-state index in [1.54, 1.807) is 37.3 Å². The SMILES string of the molecule is CC(C)CC(NC(=O)c1ccccc1)[Si](O)(O)CC(C)C(=O)N1CCC[C@H]1C(=O)O. The van der Waals surface area contributed by atoms with E-state index in [-0.39, 0.29) is 12.0 Å². The number of nitrogens with one attached hydrogen (secondary N) is 1. The van der Waals surface area contributed by atoms with Crippen molar-refractivity contribution in [2.45, 2.75) is 57.8 Å². The molecule has 0 aliphatic carbocycles. The molecule has 1 aromatic carbocycles. The van der Waals surface area contributed by atoms with Gasteiger partial charge in [0.25, 0.3) is 5.91 Å². The number of carboxylic acid groups (broad SMARTS) is 1. The molecule has 2 unspecified atom stereocenters. The van der Waals surface area contributed by atoms with Crippen LogP contribution in [0.25, 0.3) is 0 Å². The van der Waals surface area contributed by atoms with Gasteiger partial charge in [0.05, 0.1) is 5.67 Å². The largest absolute Gasteiger partial charge is 0.480 e. The lowest BCUT2D eigenvalue weighted by atomic mass is 10.1. The van der Waals surface area contributed by atoms with Crippen molar-refractivity contribution in [3.8, 4) is 0 Å². The molecule has 0 aromatic heterocycles. The number of likely N-dealkylation sites (tertiary alicyclic amines) is 1. The summed E-state index contributed by atoms with van der Waals surface area (Å²) in [5.74, 6) is -2.49. The van der Waals surface area contributed by atoms with Gasteiger partial charge in [-0.15, -0.1) is 0 Å². The second-order valence-corrected chi connectivity index (χ2v) is 11.4. The monoisotopic (exact) mass is 436 g/mol. The molecular formula is C21H32N2O6Si. The first-order valence-electron chi connectivity index (χ1n) is 10.4. The molecule has 30 heavy (non-hydrogen) atoms. The number of nitrogens with zero attached hydrogens (tertiary/aromatic N) is 1. The van der Waals surface area contributed by atoms with Crippen LogP contribution in [0.3, 0.4) is 0 Å². The highest BCUT2D eigenvalue weighted by Crippen LogP contribution is 2.26. The topological polar surface area (TPSA) is 127 Å². The zero-order valence-corrected chi connectivity index (χ0v) is 18.7. The van der Waals surface area contributed by atoms with Gasteiger partial charge < -0.3 is 24.9 Å². The van der Waals surface area contributed by atoms with E-state index in [9.17, 15) is 29.1 Å². The van der Waals surface area contributed by atoms with E-state index in [1.807, 2.05) is 13.8 Å². The van der Waals surface area contributed by atoms with Crippen molar-refractivity contribution < 1.29 is 29.1 Å². The third-order valence-corrected chi connectivity index (χ3v) is 8.17. The predicted molar refractivity (Wildman–Crippen MR) is 114 cm³/mol. The van der Waals surface area contributed by atoms with Crippen LogP contribution in [0.4, 0.5) is 0 Å². The lowest BCUT2D eigenvalue weighted by Crippen LogP contribution is -2.59. The molecule has 2 amide bonds. The van der Waals surface area contributed by atoms with Gasteiger partial charge in [-0.2, -0.15) is 0 Å². The maximum absolute atomic E-state index is 12.8. The van der Waals surface area contributed by atoms with E-state index in [1.165, 1.54) is 4.90 Å². The molecule has 1 heterocycles. The standard InChI is InChI=1S/C21H32N2O6Si/c1-14(2)12-18(22-19(24)16-8-5-4-6-9-16)30(28,29)13-15(3)20(25)23-11-7-10-17(23)21(26)27/h4-6,8-9,14-15,17-18,28-29H,7,10-13H2,1-3H3,(H,22,24)(H,26,27)/t15?,17-,18?/m0/s1. The fourth-order valence-electron chi connectivity index (χ4n) is 3.92. The minimum absolute atomic E-state index is 0.0956. The van der Waals surface area contributed by atoms with Crippen LogP contribution in [0.15, 0.2) is 30.3 Å². The van der Waals surface area contributed by atoms with Gasteiger partial charge in [-0.25, -0.2) is 4.79 Å². The van der Waals surface area contributed by atoms with Crippen molar-refractivity contribution in [3.63, 3.8) is 0 Å². The third kappa shape index (κ3) is 6.13.